The Labute approximate surface area is 362 Å². The molecule has 3 heterocycles. The molecule has 5 heteroatoms. The minimum atomic E-state index is -2.00. The zero-order chi connectivity index (χ0) is 40.4. The van der Waals surface area contributed by atoms with Gasteiger partial charge >= 0.3 is 0 Å². The fourth-order valence-electron chi connectivity index (χ4n) is 10.0. The van der Waals surface area contributed by atoms with Crippen LogP contribution >= 0.6 is 22.7 Å². The van der Waals surface area contributed by atoms with Crippen molar-refractivity contribution in [3.05, 3.63) is 182 Å². The van der Waals surface area contributed by atoms with E-state index in [2.05, 4.69) is 195 Å². The molecule has 1 aliphatic heterocycles. The van der Waals surface area contributed by atoms with Gasteiger partial charge in [-0.25, -0.2) is 9.97 Å². The van der Waals surface area contributed by atoms with Gasteiger partial charge in [0.05, 0.1) is 20.4 Å². The van der Waals surface area contributed by atoms with Gasteiger partial charge in [0.1, 0.15) is 18.1 Å². The standard InChI is InChI=1S/C56H36N2S2Si/c1-61(2)53-31-51-49(57-55(59-51)37-17-11-15-33(25-37)45-27-35-13-3-5-19-39(35)41-21-7-9-23-43(41)45)29-47(53)48-30-50-52(32-54(48)61)60-56(58-50)38-18-12-16-34(26-38)46-28-36-14-4-6-20-40(36)42-22-8-10-24-44(42)46/h3-32H,1-2H3. The average molecular weight is 829 g/mol. The number of rotatable bonds is 4. The van der Waals surface area contributed by atoms with E-state index in [1.165, 1.54) is 96.2 Å². The summed E-state index contributed by atoms with van der Waals surface area (Å²) in [6.07, 6.45) is 0. The number of fused-ring (bicyclic) bond motifs is 11. The number of hydrogen-bond donors (Lipinski definition) is 0. The highest BCUT2D eigenvalue weighted by atomic mass is 32.1. The smallest absolute Gasteiger partial charge is 0.124 e. The molecule has 0 aliphatic carbocycles. The first kappa shape index (κ1) is 35.0. The van der Waals surface area contributed by atoms with Crippen molar-refractivity contribution >= 4 is 105 Å². The quantitative estimate of drug-likeness (QED) is 0.130. The third kappa shape index (κ3) is 5.38. The molecule has 0 fully saturated rings. The molecule has 61 heavy (non-hydrogen) atoms. The van der Waals surface area contributed by atoms with Crippen molar-refractivity contribution in [2.75, 3.05) is 0 Å². The van der Waals surface area contributed by atoms with Crippen molar-refractivity contribution in [2.24, 2.45) is 0 Å². The fourth-order valence-corrected chi connectivity index (χ4v) is 15.3. The highest BCUT2D eigenvalue weighted by molar-refractivity contribution is 7.22. The molecule has 10 aromatic carbocycles. The van der Waals surface area contributed by atoms with Crippen molar-refractivity contribution < 1.29 is 0 Å². The van der Waals surface area contributed by atoms with Crippen molar-refractivity contribution in [1.82, 2.24) is 9.97 Å². The molecule has 2 aromatic heterocycles. The molecule has 1 aliphatic rings. The normalized spacial score (nSPS) is 13.2. The Hall–Kier alpha value is -6.76. The molecule has 0 radical (unpaired) electrons. The van der Waals surface area contributed by atoms with Crippen LogP contribution in [0.5, 0.6) is 0 Å². The van der Waals surface area contributed by atoms with Crippen molar-refractivity contribution in [1.29, 1.82) is 0 Å². The third-order valence-corrected chi connectivity index (χ3v) is 18.7. The van der Waals surface area contributed by atoms with Crippen LogP contribution in [0.2, 0.25) is 13.1 Å². The summed E-state index contributed by atoms with van der Waals surface area (Å²) in [5.41, 5.74) is 12.0. The Kier molecular flexibility index (Phi) is 7.53. The molecule has 12 aromatic rings. The summed E-state index contributed by atoms with van der Waals surface area (Å²) in [6, 6.07) is 67.2. The second-order valence-electron chi connectivity index (χ2n) is 16.9. The summed E-state index contributed by atoms with van der Waals surface area (Å²) in [7, 11) is -2.00. The lowest BCUT2D eigenvalue weighted by atomic mass is 9.93. The van der Waals surface area contributed by atoms with E-state index in [1.807, 2.05) is 22.7 Å². The van der Waals surface area contributed by atoms with Gasteiger partial charge in [-0.05, 0) is 135 Å². The lowest BCUT2D eigenvalue weighted by molar-refractivity contribution is 1.47. The van der Waals surface area contributed by atoms with Crippen LogP contribution in [0.4, 0.5) is 0 Å². The number of hydrogen-bond acceptors (Lipinski definition) is 4. The van der Waals surface area contributed by atoms with Crippen molar-refractivity contribution in [3.8, 4) is 54.5 Å². The summed E-state index contributed by atoms with van der Waals surface area (Å²) in [5.74, 6) is 0. The minimum Gasteiger partial charge on any atom is -0.236 e. The topological polar surface area (TPSA) is 25.8 Å². The maximum Gasteiger partial charge on any atom is 0.124 e. The minimum absolute atomic E-state index is 1.06. The lowest BCUT2D eigenvalue weighted by Gasteiger charge is -2.18. The molecule has 0 amide bonds. The van der Waals surface area contributed by atoms with Crippen LogP contribution in [0.25, 0.3) is 118 Å². The molecule has 0 spiro atoms. The van der Waals surface area contributed by atoms with Crippen molar-refractivity contribution in [2.45, 2.75) is 13.1 Å². The van der Waals surface area contributed by atoms with Crippen LogP contribution < -0.4 is 10.4 Å². The Morgan fingerprint density at radius 2 is 0.738 bits per heavy atom. The maximum absolute atomic E-state index is 5.32. The molecule has 13 rings (SSSR count). The Bertz CT molecular complexity index is 3570. The van der Waals surface area contributed by atoms with E-state index in [0.29, 0.717) is 0 Å². The monoisotopic (exact) mass is 828 g/mol. The fraction of sp³-hybridized carbons (Fsp3) is 0.0357. The van der Waals surface area contributed by atoms with Gasteiger partial charge < -0.3 is 0 Å². The molecular formula is C56H36N2S2Si. The summed E-state index contributed by atoms with van der Waals surface area (Å²) < 4.78 is 2.51. The van der Waals surface area contributed by atoms with Gasteiger partial charge in [-0.3, -0.25) is 0 Å². The van der Waals surface area contributed by atoms with Crippen LogP contribution in [0.15, 0.2) is 182 Å². The first-order chi connectivity index (χ1) is 29.9. The second kappa shape index (κ2) is 13.1. The molecule has 0 saturated carbocycles. The largest absolute Gasteiger partial charge is 0.236 e. The highest BCUT2D eigenvalue weighted by Gasteiger charge is 2.39. The third-order valence-electron chi connectivity index (χ3n) is 13.1. The van der Waals surface area contributed by atoms with Gasteiger partial charge in [0.15, 0.2) is 0 Å². The van der Waals surface area contributed by atoms with Crippen molar-refractivity contribution in [3.63, 3.8) is 0 Å². The maximum atomic E-state index is 5.32. The van der Waals surface area contributed by atoms with E-state index < -0.39 is 8.07 Å². The van der Waals surface area contributed by atoms with E-state index in [9.17, 15) is 0 Å². The first-order valence-corrected chi connectivity index (χ1v) is 25.5. The van der Waals surface area contributed by atoms with E-state index in [0.717, 1.165) is 32.2 Å². The molecule has 286 valence electrons. The lowest BCUT2D eigenvalue weighted by Crippen LogP contribution is -2.49. The SMILES string of the molecule is C[Si]1(C)c2cc3sc(-c4cccc(-c5cc6ccccc6c6ccccc56)c4)nc3cc2-c2cc3nc(-c4cccc(-c5cc6ccccc6c6ccccc56)c4)sc3cc21. The molecule has 0 N–H and O–H groups in total. The van der Waals surface area contributed by atoms with E-state index in [4.69, 9.17) is 9.97 Å². The van der Waals surface area contributed by atoms with Gasteiger partial charge in [0, 0.05) is 11.1 Å². The predicted octanol–water partition coefficient (Wildman–Crippen LogP) is 15.0. The van der Waals surface area contributed by atoms with Crippen LogP contribution in [0.1, 0.15) is 0 Å². The molecule has 0 atom stereocenters. The molecule has 0 bridgehead atoms. The molecule has 0 unspecified atom stereocenters. The van der Waals surface area contributed by atoms with Gasteiger partial charge in [-0.2, -0.15) is 0 Å². The van der Waals surface area contributed by atoms with Gasteiger partial charge in [0.25, 0.3) is 0 Å². The summed E-state index contributed by atoms with van der Waals surface area (Å²) in [4.78, 5) is 10.6. The zero-order valence-electron chi connectivity index (χ0n) is 33.5. The summed E-state index contributed by atoms with van der Waals surface area (Å²) in [6.45, 7) is 5.02. The van der Waals surface area contributed by atoms with Crippen LogP contribution in [-0.4, -0.2) is 18.0 Å². The summed E-state index contributed by atoms with van der Waals surface area (Å²) in [5, 5.41) is 15.3. The van der Waals surface area contributed by atoms with Crippen LogP contribution in [-0.2, 0) is 0 Å². The van der Waals surface area contributed by atoms with E-state index in [1.54, 1.807) is 0 Å². The van der Waals surface area contributed by atoms with Gasteiger partial charge in [0.2, 0.25) is 0 Å². The van der Waals surface area contributed by atoms with E-state index in [-0.39, 0.29) is 0 Å². The molecular weight excluding hydrogens is 793 g/mol. The summed E-state index contributed by atoms with van der Waals surface area (Å²) >= 11 is 3.62. The van der Waals surface area contributed by atoms with Crippen LogP contribution in [0, 0.1) is 0 Å². The molecule has 2 nitrogen and oxygen atoms in total. The van der Waals surface area contributed by atoms with Crippen LogP contribution in [0.3, 0.4) is 0 Å². The van der Waals surface area contributed by atoms with Gasteiger partial charge in [-0.1, -0.05) is 147 Å². The first-order valence-electron chi connectivity index (χ1n) is 20.9. The zero-order valence-corrected chi connectivity index (χ0v) is 36.2. The number of thiazole rings is 2. The Morgan fingerprint density at radius 1 is 0.344 bits per heavy atom. The number of benzene rings is 10. The number of aromatic nitrogens is 2. The Morgan fingerprint density at radius 3 is 1.20 bits per heavy atom. The van der Waals surface area contributed by atoms with E-state index >= 15 is 0 Å². The van der Waals surface area contributed by atoms with Gasteiger partial charge in [-0.15, -0.1) is 22.7 Å². The number of nitrogens with zero attached hydrogens (tertiary/aromatic N) is 2. The predicted molar refractivity (Wildman–Crippen MR) is 267 cm³/mol. The Balaban J connectivity index is 0.878. The molecule has 0 saturated heterocycles. The second-order valence-corrected chi connectivity index (χ2v) is 23.3. The highest BCUT2D eigenvalue weighted by Crippen LogP contribution is 2.42. The average Bonchev–Trinajstić information content (AvgIpc) is 3.99.